The molecule has 1 aliphatic carbocycles. The molecule has 2 unspecified atom stereocenters. The van der Waals surface area contributed by atoms with Crippen LogP contribution in [0.5, 0.6) is 0 Å². The number of esters is 1. The van der Waals surface area contributed by atoms with Crippen LogP contribution in [0.2, 0.25) is 4.94 Å². The second-order valence-corrected chi connectivity index (χ2v) is 9.38. The summed E-state index contributed by atoms with van der Waals surface area (Å²) in [7, 11) is 1.49. The number of hydrogen-bond donors (Lipinski definition) is 0. The summed E-state index contributed by atoms with van der Waals surface area (Å²) in [4.78, 5) is 16.6. The summed E-state index contributed by atoms with van der Waals surface area (Å²) in [5.74, 6) is 3.22. The maximum atomic E-state index is 11.9. The van der Waals surface area contributed by atoms with Gasteiger partial charge >= 0.3 is 133 Å². The number of rotatable bonds is 2. The third-order valence-electron chi connectivity index (χ3n) is 3.59. The summed E-state index contributed by atoms with van der Waals surface area (Å²) in [5, 5.41) is 0.933. The third-order valence-corrected chi connectivity index (χ3v) is 7.51. The Labute approximate surface area is 132 Å². The first kappa shape index (κ1) is 14.0. The van der Waals surface area contributed by atoms with Gasteiger partial charge in [0.15, 0.2) is 0 Å². The molecule has 1 fully saturated rings. The monoisotopic (exact) mass is 398 g/mol. The van der Waals surface area contributed by atoms with Crippen LogP contribution in [0.25, 0.3) is 0 Å². The van der Waals surface area contributed by atoms with Gasteiger partial charge in [0.05, 0.1) is 0 Å². The van der Waals surface area contributed by atoms with E-state index in [1.165, 1.54) is 16.9 Å². The fraction of sp³-hybridized carbons (Fsp3) is 0.500. The number of thioether (sulfide) groups is 2. The molecule has 0 bridgehead atoms. The van der Waals surface area contributed by atoms with Gasteiger partial charge < -0.3 is 0 Å². The maximum absolute atomic E-state index is 11.9. The molecule has 2 nitrogen and oxygen atoms in total. The topological polar surface area (TPSA) is 26.3 Å². The van der Waals surface area contributed by atoms with Crippen LogP contribution in [0, 0.1) is 15.3 Å². The molecule has 0 aromatic rings. The van der Waals surface area contributed by atoms with Gasteiger partial charge in [-0.1, -0.05) is 0 Å². The van der Waals surface area contributed by atoms with Crippen molar-refractivity contribution in [2.75, 3.05) is 7.11 Å². The van der Waals surface area contributed by atoms with Crippen LogP contribution >= 0.6 is 23.5 Å². The van der Waals surface area contributed by atoms with Crippen molar-refractivity contribution < 1.29 is 9.53 Å². The van der Waals surface area contributed by atoms with Gasteiger partial charge in [0.1, 0.15) is 0 Å². The molecule has 0 aromatic carbocycles. The predicted molar refractivity (Wildman–Crippen MR) is 82.0 cm³/mol. The number of carbonyl (C=O) groups excluding carboxylic acids is 1. The number of hydrogen-bond acceptors (Lipinski definition) is 4. The van der Waals surface area contributed by atoms with Gasteiger partial charge in [0.2, 0.25) is 0 Å². The van der Waals surface area contributed by atoms with Gasteiger partial charge in [-0.3, -0.25) is 0 Å². The second-order valence-electron chi connectivity index (χ2n) is 4.80. The van der Waals surface area contributed by atoms with Gasteiger partial charge in [-0.2, -0.15) is 0 Å². The fourth-order valence-corrected chi connectivity index (χ4v) is 6.40. The first-order valence-corrected chi connectivity index (χ1v) is 12.3. The van der Waals surface area contributed by atoms with E-state index in [0.29, 0.717) is 10.5 Å². The standard InChI is InChI=1S/C13H11O2S2.CH3.Sn/c1-3-8-6-9-10(16-8)7-11(17-9)13(4-5-13)12(14)15-2;;/h6-7,9-10H,4-5H2,2H3;1H3;. The van der Waals surface area contributed by atoms with E-state index in [1.54, 1.807) is 0 Å². The zero-order valence-electron chi connectivity index (χ0n) is 10.9. The Kier molecular flexibility index (Phi) is 3.98. The van der Waals surface area contributed by atoms with Crippen LogP contribution in [0.15, 0.2) is 22.0 Å². The van der Waals surface area contributed by atoms with Crippen LogP contribution in [0.4, 0.5) is 0 Å². The van der Waals surface area contributed by atoms with Gasteiger partial charge in [0.25, 0.3) is 0 Å². The molecular formula is C14H14O2S2Sn. The van der Waals surface area contributed by atoms with E-state index in [0.717, 1.165) is 12.8 Å². The zero-order chi connectivity index (χ0) is 13.5. The SMILES string of the molecule is COC(=O)C1(C2=CC3SC(C#[C][Sn][CH3])=CC3S2)CC1. The first-order valence-electron chi connectivity index (χ1n) is 6.23. The van der Waals surface area contributed by atoms with Crippen molar-refractivity contribution in [3.8, 4) is 9.86 Å². The van der Waals surface area contributed by atoms with Crippen LogP contribution in [0.3, 0.4) is 0 Å². The van der Waals surface area contributed by atoms with Gasteiger partial charge in [0, 0.05) is 0 Å². The van der Waals surface area contributed by atoms with Crippen molar-refractivity contribution >= 4 is 50.6 Å². The molecule has 3 rings (SSSR count). The Morgan fingerprint density at radius 2 is 2.16 bits per heavy atom. The predicted octanol–water partition coefficient (Wildman–Crippen LogP) is 2.65. The van der Waals surface area contributed by atoms with Crippen LogP contribution in [0.1, 0.15) is 12.8 Å². The minimum atomic E-state index is -0.418. The molecule has 3 aliphatic rings. The van der Waals surface area contributed by atoms with Gasteiger partial charge in [-0.05, 0) is 0 Å². The Hall–Kier alpha value is 0.00870. The summed E-state index contributed by atoms with van der Waals surface area (Å²) >= 11 is 3.28. The number of methoxy groups -OCH3 is 1. The molecule has 0 spiro atoms. The average molecular weight is 397 g/mol. The van der Waals surface area contributed by atoms with Crippen molar-refractivity contribution in [2.24, 2.45) is 5.41 Å². The summed E-state index contributed by atoms with van der Waals surface area (Å²) in [6.07, 6.45) is 6.45. The molecule has 2 heterocycles. The molecule has 0 N–H and O–H groups in total. The molecule has 0 amide bonds. The number of allylic oxidation sites excluding steroid dienone is 1. The molecule has 19 heavy (non-hydrogen) atoms. The van der Waals surface area contributed by atoms with E-state index in [-0.39, 0.29) is 11.4 Å². The molecule has 1 saturated carbocycles. The van der Waals surface area contributed by atoms with E-state index in [9.17, 15) is 4.79 Å². The van der Waals surface area contributed by atoms with Crippen LogP contribution in [-0.4, -0.2) is 44.7 Å². The van der Waals surface area contributed by atoms with E-state index < -0.39 is 21.1 Å². The molecule has 0 aromatic heterocycles. The van der Waals surface area contributed by atoms with Crippen molar-refractivity contribution in [1.82, 2.24) is 0 Å². The van der Waals surface area contributed by atoms with Crippen LogP contribution < -0.4 is 0 Å². The molecule has 5 heteroatoms. The Balaban J connectivity index is 1.71. The van der Waals surface area contributed by atoms with Crippen molar-refractivity contribution in [3.05, 3.63) is 22.0 Å². The van der Waals surface area contributed by atoms with E-state index in [4.69, 9.17) is 4.74 Å². The normalized spacial score (nSPS) is 29.8. The summed E-state index contributed by atoms with van der Waals surface area (Å²) in [6, 6.07) is 0. The Morgan fingerprint density at radius 3 is 2.74 bits per heavy atom. The molecule has 2 radical (unpaired) electrons. The first-order chi connectivity index (χ1) is 9.19. The summed E-state index contributed by atoms with van der Waals surface area (Å²) in [6.45, 7) is 0. The Morgan fingerprint density at radius 1 is 1.42 bits per heavy atom. The average Bonchev–Trinajstić information content (AvgIpc) is 2.99. The molecule has 98 valence electrons. The number of carbonyl (C=O) groups is 1. The number of fused-ring (bicyclic) bond motifs is 1. The molecule has 2 aliphatic heterocycles. The van der Waals surface area contributed by atoms with Gasteiger partial charge in [-0.15, -0.1) is 0 Å². The van der Waals surface area contributed by atoms with E-state index in [1.807, 2.05) is 23.5 Å². The zero-order valence-corrected chi connectivity index (χ0v) is 15.3. The van der Waals surface area contributed by atoms with Crippen molar-refractivity contribution in [1.29, 1.82) is 0 Å². The number of ether oxygens (including phenoxy) is 1. The minimum absolute atomic E-state index is 0.0569. The fourth-order valence-electron chi connectivity index (χ4n) is 2.40. The van der Waals surface area contributed by atoms with Gasteiger partial charge in [-0.25, -0.2) is 0 Å². The van der Waals surface area contributed by atoms with E-state index >= 15 is 0 Å². The molecule has 2 atom stereocenters. The quantitative estimate of drug-likeness (QED) is 0.407. The van der Waals surface area contributed by atoms with Crippen molar-refractivity contribution in [3.63, 3.8) is 0 Å². The molecular weight excluding hydrogens is 383 g/mol. The summed E-state index contributed by atoms with van der Waals surface area (Å²) in [5.41, 5.74) is -0.290. The summed E-state index contributed by atoms with van der Waals surface area (Å²) < 4.78 is 8.24. The van der Waals surface area contributed by atoms with Crippen molar-refractivity contribution in [2.45, 2.75) is 28.3 Å². The Bertz CT molecular complexity index is 537. The second kappa shape index (κ2) is 5.42. The third kappa shape index (κ3) is 2.50. The van der Waals surface area contributed by atoms with E-state index in [2.05, 4.69) is 26.9 Å². The van der Waals surface area contributed by atoms with Crippen LogP contribution in [-0.2, 0) is 9.53 Å². The molecule has 0 saturated heterocycles.